The number of fused-ring (bicyclic) bond motifs is 1. The highest BCUT2D eigenvalue weighted by molar-refractivity contribution is 9.10. The van der Waals surface area contributed by atoms with E-state index in [4.69, 9.17) is 4.74 Å². The van der Waals surface area contributed by atoms with E-state index in [2.05, 4.69) is 20.9 Å². The highest BCUT2D eigenvalue weighted by Gasteiger charge is 2.10. The summed E-state index contributed by atoms with van der Waals surface area (Å²) in [7, 11) is 0. The van der Waals surface area contributed by atoms with E-state index in [-0.39, 0.29) is 12.5 Å². The van der Waals surface area contributed by atoms with Crippen LogP contribution in [-0.2, 0) is 16.1 Å². The second-order valence-electron chi connectivity index (χ2n) is 3.28. The molecular formula is C11H11BrN2O2. The molecule has 5 heteroatoms. The van der Waals surface area contributed by atoms with Crippen LogP contribution in [0.15, 0.2) is 29.0 Å². The summed E-state index contributed by atoms with van der Waals surface area (Å²) in [4.78, 5) is 15.6. The topological polar surface area (TPSA) is 44.1 Å². The first-order valence-corrected chi connectivity index (χ1v) is 5.76. The SMILES string of the molecule is CCOC(=O)Cn1cc(Br)c2ncccc21. The molecule has 0 aromatic carbocycles. The number of rotatable bonds is 3. The van der Waals surface area contributed by atoms with E-state index in [1.807, 2.05) is 22.9 Å². The van der Waals surface area contributed by atoms with Crippen molar-refractivity contribution in [2.75, 3.05) is 6.61 Å². The molecule has 0 amide bonds. The normalized spacial score (nSPS) is 10.6. The van der Waals surface area contributed by atoms with Crippen molar-refractivity contribution in [2.45, 2.75) is 13.5 Å². The average molecular weight is 283 g/mol. The van der Waals surface area contributed by atoms with Crippen LogP contribution < -0.4 is 0 Å². The van der Waals surface area contributed by atoms with Gasteiger partial charge in [-0.3, -0.25) is 9.78 Å². The summed E-state index contributed by atoms with van der Waals surface area (Å²) >= 11 is 3.41. The maximum absolute atomic E-state index is 11.4. The van der Waals surface area contributed by atoms with Gasteiger partial charge in [0.05, 0.1) is 16.6 Å². The molecule has 2 heterocycles. The van der Waals surface area contributed by atoms with E-state index in [0.717, 1.165) is 15.5 Å². The summed E-state index contributed by atoms with van der Waals surface area (Å²) < 4.78 is 7.61. The van der Waals surface area contributed by atoms with E-state index in [1.165, 1.54) is 0 Å². The molecule has 0 aliphatic rings. The fourth-order valence-electron chi connectivity index (χ4n) is 1.56. The largest absolute Gasteiger partial charge is 0.465 e. The van der Waals surface area contributed by atoms with Crippen molar-refractivity contribution in [3.8, 4) is 0 Å². The van der Waals surface area contributed by atoms with E-state index in [9.17, 15) is 4.79 Å². The van der Waals surface area contributed by atoms with Crippen LogP contribution in [0.1, 0.15) is 6.92 Å². The van der Waals surface area contributed by atoms with Gasteiger partial charge in [0.2, 0.25) is 0 Å². The van der Waals surface area contributed by atoms with Gasteiger partial charge in [-0.05, 0) is 35.0 Å². The molecule has 0 saturated heterocycles. The number of esters is 1. The summed E-state index contributed by atoms with van der Waals surface area (Å²) in [5, 5.41) is 0. The van der Waals surface area contributed by atoms with Gasteiger partial charge in [-0.2, -0.15) is 0 Å². The lowest BCUT2D eigenvalue weighted by Crippen LogP contribution is -2.12. The van der Waals surface area contributed by atoms with Crippen molar-refractivity contribution in [1.29, 1.82) is 0 Å². The predicted molar refractivity (Wildman–Crippen MR) is 64.1 cm³/mol. The molecule has 0 spiro atoms. The zero-order chi connectivity index (χ0) is 11.5. The molecule has 0 bridgehead atoms. The molecule has 0 saturated carbocycles. The van der Waals surface area contributed by atoms with Crippen LogP contribution in [0.2, 0.25) is 0 Å². The Labute approximate surface area is 101 Å². The van der Waals surface area contributed by atoms with Crippen LogP contribution in [0.25, 0.3) is 11.0 Å². The summed E-state index contributed by atoms with van der Waals surface area (Å²) in [6.07, 6.45) is 3.57. The van der Waals surface area contributed by atoms with E-state index < -0.39 is 0 Å². The van der Waals surface area contributed by atoms with Crippen LogP contribution >= 0.6 is 15.9 Å². The molecule has 0 fully saturated rings. The van der Waals surface area contributed by atoms with Gasteiger partial charge in [-0.25, -0.2) is 0 Å². The van der Waals surface area contributed by atoms with Crippen LogP contribution in [0.4, 0.5) is 0 Å². The van der Waals surface area contributed by atoms with Gasteiger partial charge >= 0.3 is 5.97 Å². The monoisotopic (exact) mass is 282 g/mol. The standard InChI is InChI=1S/C11H11BrN2O2/c1-2-16-10(15)7-14-6-8(12)11-9(14)4-3-5-13-11/h3-6H,2,7H2,1H3. The van der Waals surface area contributed by atoms with Crippen molar-refractivity contribution in [2.24, 2.45) is 0 Å². The van der Waals surface area contributed by atoms with E-state index in [1.54, 1.807) is 13.1 Å². The van der Waals surface area contributed by atoms with Crippen molar-refractivity contribution >= 4 is 32.9 Å². The third kappa shape index (κ3) is 2.09. The molecular weight excluding hydrogens is 272 g/mol. The third-order valence-corrected chi connectivity index (χ3v) is 2.78. The van der Waals surface area contributed by atoms with E-state index >= 15 is 0 Å². The molecule has 0 aliphatic carbocycles. The minimum atomic E-state index is -0.240. The Hall–Kier alpha value is -1.36. The number of halogens is 1. The summed E-state index contributed by atoms with van der Waals surface area (Å²) in [6.45, 7) is 2.40. The maximum Gasteiger partial charge on any atom is 0.325 e. The first-order valence-electron chi connectivity index (χ1n) is 4.97. The van der Waals surface area contributed by atoms with Crippen molar-refractivity contribution in [3.63, 3.8) is 0 Å². The van der Waals surface area contributed by atoms with Crippen LogP contribution in [0, 0.1) is 0 Å². The molecule has 2 rings (SSSR count). The van der Waals surface area contributed by atoms with Crippen LogP contribution in [0.3, 0.4) is 0 Å². The molecule has 2 aromatic heterocycles. The minimum absolute atomic E-state index is 0.210. The molecule has 0 aliphatic heterocycles. The minimum Gasteiger partial charge on any atom is -0.465 e. The maximum atomic E-state index is 11.4. The molecule has 84 valence electrons. The van der Waals surface area contributed by atoms with Crippen LogP contribution in [-0.4, -0.2) is 22.1 Å². The Morgan fingerprint density at radius 1 is 1.62 bits per heavy atom. The Morgan fingerprint density at radius 2 is 2.44 bits per heavy atom. The lowest BCUT2D eigenvalue weighted by molar-refractivity contribution is -0.143. The lowest BCUT2D eigenvalue weighted by atomic mass is 10.4. The average Bonchev–Trinajstić information content (AvgIpc) is 2.57. The predicted octanol–water partition coefficient (Wildman–Crippen LogP) is 2.36. The number of hydrogen-bond acceptors (Lipinski definition) is 3. The van der Waals surface area contributed by atoms with Gasteiger partial charge in [-0.1, -0.05) is 0 Å². The first-order chi connectivity index (χ1) is 7.72. The quantitative estimate of drug-likeness (QED) is 0.812. The van der Waals surface area contributed by atoms with Crippen LogP contribution in [0.5, 0.6) is 0 Å². The lowest BCUT2D eigenvalue weighted by Gasteiger charge is -2.04. The Balaban J connectivity index is 2.34. The number of hydrogen-bond donors (Lipinski definition) is 0. The third-order valence-electron chi connectivity index (χ3n) is 2.20. The summed E-state index contributed by atoms with van der Waals surface area (Å²) in [6, 6.07) is 3.77. The fraction of sp³-hybridized carbons (Fsp3) is 0.273. The highest BCUT2D eigenvalue weighted by atomic mass is 79.9. The smallest absolute Gasteiger partial charge is 0.325 e. The first kappa shape index (κ1) is 11.1. The van der Waals surface area contributed by atoms with E-state index in [0.29, 0.717) is 6.61 Å². The Kier molecular flexibility index (Phi) is 3.24. The Bertz CT molecular complexity index is 522. The molecule has 0 N–H and O–H groups in total. The fourth-order valence-corrected chi connectivity index (χ4v) is 2.11. The van der Waals surface area contributed by atoms with Gasteiger partial charge in [0.1, 0.15) is 12.1 Å². The molecule has 0 atom stereocenters. The second kappa shape index (κ2) is 4.65. The van der Waals surface area contributed by atoms with Gasteiger partial charge in [-0.15, -0.1) is 0 Å². The molecule has 0 unspecified atom stereocenters. The molecule has 4 nitrogen and oxygen atoms in total. The van der Waals surface area contributed by atoms with Crippen molar-refractivity contribution in [1.82, 2.24) is 9.55 Å². The number of nitrogens with zero attached hydrogens (tertiary/aromatic N) is 2. The molecule has 0 radical (unpaired) electrons. The second-order valence-corrected chi connectivity index (χ2v) is 4.14. The summed E-state index contributed by atoms with van der Waals surface area (Å²) in [5.41, 5.74) is 1.77. The number of ether oxygens (including phenoxy) is 1. The highest BCUT2D eigenvalue weighted by Crippen LogP contribution is 2.23. The number of carbonyl (C=O) groups is 1. The van der Waals surface area contributed by atoms with Crippen molar-refractivity contribution < 1.29 is 9.53 Å². The van der Waals surface area contributed by atoms with Gasteiger partial charge in [0.25, 0.3) is 0 Å². The number of pyridine rings is 1. The van der Waals surface area contributed by atoms with Crippen molar-refractivity contribution in [3.05, 3.63) is 29.0 Å². The number of carbonyl (C=O) groups excluding carboxylic acids is 1. The zero-order valence-corrected chi connectivity index (χ0v) is 10.4. The van der Waals surface area contributed by atoms with Gasteiger partial charge in [0, 0.05) is 12.4 Å². The van der Waals surface area contributed by atoms with Gasteiger partial charge < -0.3 is 9.30 Å². The molecule has 2 aromatic rings. The summed E-state index contributed by atoms with van der Waals surface area (Å²) in [5.74, 6) is -0.240. The van der Waals surface area contributed by atoms with Gasteiger partial charge in [0.15, 0.2) is 0 Å². The Morgan fingerprint density at radius 3 is 3.19 bits per heavy atom. The molecule has 16 heavy (non-hydrogen) atoms. The number of aromatic nitrogens is 2. The zero-order valence-electron chi connectivity index (χ0n) is 8.81.